The maximum atomic E-state index is 12.4. The molecule has 0 aliphatic heterocycles. The first-order chi connectivity index (χ1) is 13.8. The number of amides is 2. The molecule has 0 bridgehead atoms. The molecule has 2 amide bonds. The Morgan fingerprint density at radius 2 is 1.86 bits per heavy atom. The van der Waals surface area contributed by atoms with Gasteiger partial charge < -0.3 is 16.4 Å². The van der Waals surface area contributed by atoms with E-state index in [9.17, 15) is 9.59 Å². The third kappa shape index (κ3) is 5.11. The van der Waals surface area contributed by atoms with Crippen LogP contribution in [0.15, 0.2) is 42.5 Å². The third-order valence-electron chi connectivity index (χ3n) is 4.33. The first-order valence-electron chi connectivity index (χ1n) is 8.92. The van der Waals surface area contributed by atoms with Crippen molar-refractivity contribution in [3.05, 3.63) is 69.9 Å². The van der Waals surface area contributed by atoms with Crippen LogP contribution in [0, 0.1) is 13.8 Å². The van der Waals surface area contributed by atoms with Crippen LogP contribution in [0.1, 0.15) is 27.2 Å². The lowest BCUT2D eigenvalue weighted by Gasteiger charge is -2.09. The highest BCUT2D eigenvalue weighted by atomic mass is 35.5. The second-order valence-corrected chi connectivity index (χ2v) is 7.09. The second-order valence-electron chi connectivity index (χ2n) is 6.66. The van der Waals surface area contributed by atoms with Gasteiger partial charge in [0.1, 0.15) is 6.54 Å². The number of nitrogens with zero attached hydrogens (tertiary/aromatic N) is 3. The minimum atomic E-state index is -0.458. The van der Waals surface area contributed by atoms with Gasteiger partial charge in [-0.25, -0.2) is 4.68 Å². The summed E-state index contributed by atoms with van der Waals surface area (Å²) >= 11 is 5.96. The average molecular weight is 413 g/mol. The number of nitrogens with one attached hydrogen (secondary N) is 2. The normalized spacial score (nSPS) is 10.6. The number of nitrogens with two attached hydrogens (primary N) is 1. The Hall–Kier alpha value is -3.39. The molecule has 0 aliphatic carbocycles. The Balaban J connectivity index is 1.62. The van der Waals surface area contributed by atoms with Gasteiger partial charge in [0.2, 0.25) is 5.91 Å². The number of rotatable bonds is 6. The number of carbonyl (C=O) groups is 2. The van der Waals surface area contributed by atoms with Crippen LogP contribution in [0.2, 0.25) is 5.02 Å². The van der Waals surface area contributed by atoms with Crippen molar-refractivity contribution in [2.24, 2.45) is 0 Å². The number of benzene rings is 2. The summed E-state index contributed by atoms with van der Waals surface area (Å²) in [5.41, 5.74) is 9.49. The van der Waals surface area contributed by atoms with E-state index >= 15 is 0 Å². The summed E-state index contributed by atoms with van der Waals surface area (Å²) in [5.74, 6) is -0.802. The maximum Gasteiger partial charge on any atom is 0.275 e. The predicted octanol–water partition coefficient (Wildman–Crippen LogP) is 2.70. The van der Waals surface area contributed by atoms with E-state index in [4.69, 9.17) is 17.3 Å². The first-order valence-corrected chi connectivity index (χ1v) is 9.30. The zero-order valence-electron chi connectivity index (χ0n) is 16.1. The number of nitrogen functional groups attached to an aromatic ring is 1. The van der Waals surface area contributed by atoms with Crippen LogP contribution in [0.25, 0.3) is 0 Å². The molecule has 4 N–H and O–H groups in total. The van der Waals surface area contributed by atoms with Crippen LogP contribution in [0.5, 0.6) is 0 Å². The Kier molecular flexibility index (Phi) is 6.13. The third-order valence-corrected chi connectivity index (χ3v) is 4.56. The molecule has 0 radical (unpaired) electrons. The topological polar surface area (TPSA) is 115 Å². The molecule has 2 aromatic carbocycles. The predicted molar refractivity (Wildman–Crippen MR) is 112 cm³/mol. The summed E-state index contributed by atoms with van der Waals surface area (Å²) in [7, 11) is 0. The van der Waals surface area contributed by atoms with Crippen LogP contribution in [-0.2, 0) is 17.9 Å². The molecule has 8 nitrogen and oxygen atoms in total. The van der Waals surface area contributed by atoms with Gasteiger partial charge in [0, 0.05) is 17.3 Å². The summed E-state index contributed by atoms with van der Waals surface area (Å²) in [6.07, 6.45) is 0. The van der Waals surface area contributed by atoms with E-state index in [1.807, 2.05) is 38.1 Å². The van der Waals surface area contributed by atoms with Crippen molar-refractivity contribution in [2.45, 2.75) is 26.9 Å². The lowest BCUT2D eigenvalue weighted by atomic mass is 10.1. The molecule has 0 fully saturated rings. The summed E-state index contributed by atoms with van der Waals surface area (Å²) in [6, 6.07) is 13.0. The Bertz CT molecular complexity index is 1050. The summed E-state index contributed by atoms with van der Waals surface area (Å²) in [4.78, 5) is 24.7. The van der Waals surface area contributed by atoms with Crippen LogP contribution in [0.3, 0.4) is 0 Å². The standard InChI is InChI=1S/C20H21ClN6O2/c1-12-3-6-14(7-4-12)10-23-20(29)18-19(22)27(26-25-18)11-17(28)24-16-9-15(21)8-5-13(16)2/h3-9H,10-11,22H2,1-2H3,(H,23,29)(H,24,28). The molecule has 0 saturated carbocycles. The van der Waals surface area contributed by atoms with Gasteiger partial charge >= 0.3 is 0 Å². The number of aryl methyl sites for hydroxylation is 2. The van der Waals surface area contributed by atoms with Crippen molar-refractivity contribution in [1.82, 2.24) is 20.3 Å². The number of carbonyl (C=O) groups excluding carboxylic acids is 2. The average Bonchev–Trinajstić information content (AvgIpc) is 3.04. The highest BCUT2D eigenvalue weighted by molar-refractivity contribution is 6.31. The molecular formula is C20H21ClN6O2. The van der Waals surface area contributed by atoms with E-state index in [0.717, 1.165) is 16.7 Å². The number of hydrogen-bond acceptors (Lipinski definition) is 5. The zero-order chi connectivity index (χ0) is 21.0. The van der Waals surface area contributed by atoms with Crippen molar-refractivity contribution in [3.63, 3.8) is 0 Å². The summed E-state index contributed by atoms with van der Waals surface area (Å²) in [5, 5.41) is 13.6. The molecule has 150 valence electrons. The van der Waals surface area contributed by atoms with E-state index in [0.29, 0.717) is 17.3 Å². The van der Waals surface area contributed by atoms with Gasteiger partial charge in [-0.15, -0.1) is 5.10 Å². The highest BCUT2D eigenvalue weighted by Gasteiger charge is 2.19. The number of halogens is 1. The molecule has 0 spiro atoms. The van der Waals surface area contributed by atoms with Crippen LogP contribution in [0.4, 0.5) is 11.5 Å². The fourth-order valence-corrected chi connectivity index (χ4v) is 2.80. The first kappa shape index (κ1) is 20.3. The van der Waals surface area contributed by atoms with Crippen LogP contribution >= 0.6 is 11.6 Å². The number of hydrogen-bond donors (Lipinski definition) is 3. The zero-order valence-corrected chi connectivity index (χ0v) is 16.8. The monoisotopic (exact) mass is 412 g/mol. The molecule has 0 atom stereocenters. The maximum absolute atomic E-state index is 12.4. The van der Waals surface area contributed by atoms with Gasteiger partial charge in [-0.2, -0.15) is 0 Å². The molecule has 0 aliphatic rings. The molecule has 29 heavy (non-hydrogen) atoms. The molecule has 0 saturated heterocycles. The van der Waals surface area contributed by atoms with Gasteiger partial charge in [0.05, 0.1) is 0 Å². The molecule has 9 heteroatoms. The Morgan fingerprint density at radius 3 is 2.59 bits per heavy atom. The van der Waals surface area contributed by atoms with Gasteiger partial charge in [-0.3, -0.25) is 9.59 Å². The van der Waals surface area contributed by atoms with Gasteiger partial charge in [-0.1, -0.05) is 52.7 Å². The van der Waals surface area contributed by atoms with Gasteiger partial charge in [0.15, 0.2) is 11.5 Å². The van der Waals surface area contributed by atoms with Crippen molar-refractivity contribution < 1.29 is 9.59 Å². The minimum Gasteiger partial charge on any atom is -0.382 e. The van der Waals surface area contributed by atoms with E-state index in [1.165, 1.54) is 4.68 Å². The number of aromatic nitrogens is 3. The molecule has 0 unspecified atom stereocenters. The Morgan fingerprint density at radius 1 is 1.14 bits per heavy atom. The van der Waals surface area contributed by atoms with Crippen molar-refractivity contribution in [2.75, 3.05) is 11.1 Å². The van der Waals surface area contributed by atoms with Crippen molar-refractivity contribution in [3.8, 4) is 0 Å². The largest absolute Gasteiger partial charge is 0.382 e. The van der Waals surface area contributed by atoms with Crippen LogP contribution in [-0.4, -0.2) is 26.8 Å². The van der Waals surface area contributed by atoms with Gasteiger partial charge in [-0.05, 0) is 37.1 Å². The van der Waals surface area contributed by atoms with Gasteiger partial charge in [0.25, 0.3) is 5.91 Å². The van der Waals surface area contributed by atoms with E-state index in [2.05, 4.69) is 20.9 Å². The summed E-state index contributed by atoms with van der Waals surface area (Å²) < 4.78 is 1.18. The van der Waals surface area contributed by atoms with Crippen molar-refractivity contribution in [1.29, 1.82) is 0 Å². The highest BCUT2D eigenvalue weighted by Crippen LogP contribution is 2.20. The lowest BCUT2D eigenvalue weighted by Crippen LogP contribution is -2.25. The van der Waals surface area contributed by atoms with E-state index < -0.39 is 5.91 Å². The summed E-state index contributed by atoms with van der Waals surface area (Å²) in [6.45, 7) is 3.99. The fraction of sp³-hybridized carbons (Fsp3) is 0.200. The fourth-order valence-electron chi connectivity index (χ4n) is 2.63. The quantitative estimate of drug-likeness (QED) is 0.575. The van der Waals surface area contributed by atoms with Crippen molar-refractivity contribution >= 4 is 34.9 Å². The smallest absolute Gasteiger partial charge is 0.275 e. The van der Waals surface area contributed by atoms with E-state index in [1.54, 1.807) is 18.2 Å². The SMILES string of the molecule is Cc1ccc(CNC(=O)c2nnn(CC(=O)Nc3cc(Cl)ccc3C)c2N)cc1. The molecule has 3 rings (SSSR count). The lowest BCUT2D eigenvalue weighted by molar-refractivity contribution is -0.116. The minimum absolute atomic E-state index is 0.0179. The molecule has 3 aromatic rings. The second kappa shape index (κ2) is 8.74. The van der Waals surface area contributed by atoms with Crippen LogP contribution < -0.4 is 16.4 Å². The molecule has 1 heterocycles. The number of anilines is 2. The molecular weight excluding hydrogens is 392 g/mol. The Labute approximate surface area is 173 Å². The van der Waals surface area contributed by atoms with E-state index in [-0.39, 0.29) is 24.0 Å². The molecule has 1 aromatic heterocycles.